The van der Waals surface area contributed by atoms with E-state index in [1.165, 1.54) is 16.8 Å². The van der Waals surface area contributed by atoms with Gasteiger partial charge < -0.3 is 10.1 Å². The van der Waals surface area contributed by atoms with Gasteiger partial charge in [-0.1, -0.05) is 0 Å². The van der Waals surface area contributed by atoms with Crippen molar-refractivity contribution >= 4 is 17.3 Å². The molecule has 0 atom stereocenters. The summed E-state index contributed by atoms with van der Waals surface area (Å²) in [6.07, 6.45) is -1.15. The summed E-state index contributed by atoms with van der Waals surface area (Å²) in [5.74, 6) is -0.780. The number of anilines is 1. The predicted molar refractivity (Wildman–Crippen MR) is 102 cm³/mol. The van der Waals surface area contributed by atoms with E-state index in [1.807, 2.05) is 19.9 Å². The number of halogens is 2. The highest BCUT2D eigenvalue weighted by Gasteiger charge is 2.16. The van der Waals surface area contributed by atoms with Gasteiger partial charge in [0, 0.05) is 24.0 Å². The zero-order valence-electron chi connectivity index (χ0n) is 16.1. The van der Waals surface area contributed by atoms with Crippen molar-refractivity contribution < 1.29 is 23.2 Å². The molecule has 0 aliphatic carbocycles. The van der Waals surface area contributed by atoms with Crippen LogP contribution in [0.3, 0.4) is 0 Å². The lowest BCUT2D eigenvalue weighted by Gasteiger charge is -2.09. The van der Waals surface area contributed by atoms with Crippen molar-refractivity contribution in [1.29, 1.82) is 0 Å². The first-order chi connectivity index (χ1) is 14.2. The van der Waals surface area contributed by atoms with Crippen molar-refractivity contribution in [2.75, 3.05) is 11.9 Å². The number of carbonyl (C=O) groups excluding carboxylic acids is 1. The zero-order chi connectivity index (χ0) is 21.8. The number of hydrogen-bond donors (Lipinski definition) is 1. The molecule has 10 nitrogen and oxygen atoms in total. The van der Waals surface area contributed by atoms with Crippen LogP contribution in [0.25, 0.3) is 0 Å². The molecule has 12 heteroatoms. The molecule has 2 heterocycles. The van der Waals surface area contributed by atoms with Crippen LogP contribution in [0.2, 0.25) is 0 Å². The number of ether oxygens (including phenoxy) is 1. The minimum Gasteiger partial charge on any atom is -0.487 e. The number of nitro benzene ring substituents is 1. The van der Waals surface area contributed by atoms with E-state index < -0.39 is 29.6 Å². The number of benzene rings is 1. The fourth-order valence-electron chi connectivity index (χ4n) is 2.72. The Kier molecular flexibility index (Phi) is 6.04. The molecule has 0 aliphatic heterocycles. The quantitative estimate of drug-likeness (QED) is 0.442. The van der Waals surface area contributed by atoms with Crippen LogP contribution in [0.15, 0.2) is 36.5 Å². The molecular formula is C18H18F2N6O4. The summed E-state index contributed by atoms with van der Waals surface area (Å²) in [5.41, 5.74) is 1.46. The van der Waals surface area contributed by atoms with E-state index in [0.717, 1.165) is 23.5 Å². The third kappa shape index (κ3) is 5.16. The van der Waals surface area contributed by atoms with Crippen LogP contribution in [0, 0.1) is 24.0 Å². The summed E-state index contributed by atoms with van der Waals surface area (Å²) in [7, 11) is 0. The van der Waals surface area contributed by atoms with Gasteiger partial charge in [0.05, 0.1) is 22.4 Å². The molecule has 158 valence electrons. The van der Waals surface area contributed by atoms with E-state index in [9.17, 15) is 23.7 Å². The molecule has 2 aromatic heterocycles. The van der Waals surface area contributed by atoms with Gasteiger partial charge in [-0.25, -0.2) is 13.5 Å². The SMILES string of the molecule is Cc1cc(C)n(Cn2ccc(C(=O)Nc3cc(OCC(F)F)cc([N+](=O)[O-])c3)n2)n1. The molecule has 1 N–H and O–H groups in total. The number of non-ortho nitro benzene ring substituents is 1. The number of carbonyl (C=O) groups is 1. The summed E-state index contributed by atoms with van der Waals surface area (Å²) in [5, 5.41) is 22.0. The van der Waals surface area contributed by atoms with E-state index in [-0.39, 0.29) is 17.1 Å². The largest absolute Gasteiger partial charge is 0.487 e. The number of aromatic nitrogens is 4. The summed E-state index contributed by atoms with van der Waals surface area (Å²) in [6.45, 7) is 3.14. The van der Waals surface area contributed by atoms with Crippen LogP contribution < -0.4 is 10.1 Å². The maximum Gasteiger partial charge on any atom is 0.276 e. The first-order valence-electron chi connectivity index (χ1n) is 8.77. The second-order valence-electron chi connectivity index (χ2n) is 6.44. The summed E-state index contributed by atoms with van der Waals surface area (Å²) >= 11 is 0. The predicted octanol–water partition coefficient (Wildman–Crippen LogP) is 3.01. The summed E-state index contributed by atoms with van der Waals surface area (Å²) in [4.78, 5) is 22.8. The molecule has 0 saturated carbocycles. The van der Waals surface area contributed by atoms with Crippen molar-refractivity contribution in [2.45, 2.75) is 26.9 Å². The monoisotopic (exact) mass is 420 g/mol. The third-order valence-electron chi connectivity index (χ3n) is 3.99. The molecule has 0 radical (unpaired) electrons. The normalized spacial score (nSPS) is 11.0. The lowest BCUT2D eigenvalue weighted by atomic mass is 10.2. The van der Waals surface area contributed by atoms with Crippen LogP contribution in [0.5, 0.6) is 5.75 Å². The number of hydrogen-bond acceptors (Lipinski definition) is 6. The third-order valence-corrected chi connectivity index (χ3v) is 3.99. The molecule has 0 bridgehead atoms. The van der Waals surface area contributed by atoms with Gasteiger partial charge >= 0.3 is 0 Å². The number of nitrogens with one attached hydrogen (secondary N) is 1. The van der Waals surface area contributed by atoms with Gasteiger partial charge in [0.25, 0.3) is 18.0 Å². The smallest absolute Gasteiger partial charge is 0.276 e. The Morgan fingerprint density at radius 3 is 2.67 bits per heavy atom. The van der Waals surface area contributed by atoms with Crippen LogP contribution in [0.4, 0.5) is 20.2 Å². The summed E-state index contributed by atoms with van der Waals surface area (Å²) < 4.78 is 32.8. The fourth-order valence-corrected chi connectivity index (χ4v) is 2.72. The number of nitrogens with zero attached hydrogens (tertiary/aromatic N) is 5. The van der Waals surface area contributed by atoms with Gasteiger partial charge in [0.15, 0.2) is 5.69 Å². The summed E-state index contributed by atoms with van der Waals surface area (Å²) in [6, 6.07) is 6.71. The highest BCUT2D eigenvalue weighted by atomic mass is 19.3. The van der Waals surface area contributed by atoms with E-state index >= 15 is 0 Å². The fraction of sp³-hybridized carbons (Fsp3) is 0.278. The molecule has 3 rings (SSSR count). The molecule has 0 unspecified atom stereocenters. The van der Waals surface area contributed by atoms with Crippen LogP contribution in [0.1, 0.15) is 21.9 Å². The number of amides is 1. The van der Waals surface area contributed by atoms with E-state index in [1.54, 1.807) is 10.9 Å². The van der Waals surface area contributed by atoms with Crippen molar-refractivity contribution in [3.63, 3.8) is 0 Å². The molecule has 3 aromatic rings. The first-order valence-corrected chi connectivity index (χ1v) is 8.77. The molecule has 0 fully saturated rings. The number of alkyl halides is 2. The molecule has 0 spiro atoms. The van der Waals surface area contributed by atoms with Gasteiger partial charge in [0.2, 0.25) is 0 Å². The van der Waals surface area contributed by atoms with E-state index in [4.69, 9.17) is 4.74 Å². The molecule has 0 aliphatic rings. The maximum atomic E-state index is 12.5. The second-order valence-corrected chi connectivity index (χ2v) is 6.44. The average molecular weight is 420 g/mol. The van der Waals surface area contributed by atoms with Gasteiger partial charge in [-0.3, -0.25) is 19.6 Å². The standard InChI is InChI=1S/C18H18F2N6O4/c1-11-5-12(2)25(22-11)10-24-4-3-16(23-24)18(27)21-13-6-14(26(28)29)8-15(7-13)30-9-17(19)20/h3-8,17H,9-10H2,1-2H3,(H,21,27). The Balaban J connectivity index is 1.74. The average Bonchev–Trinajstić information content (AvgIpc) is 3.26. The topological polar surface area (TPSA) is 117 Å². The molecule has 1 amide bonds. The first kappa shape index (κ1) is 20.9. The lowest BCUT2D eigenvalue weighted by Crippen LogP contribution is -2.16. The number of nitro groups is 1. The van der Waals surface area contributed by atoms with Gasteiger partial charge in [-0.05, 0) is 26.0 Å². The molecule has 0 saturated heterocycles. The Bertz CT molecular complexity index is 1080. The Hall–Kier alpha value is -3.83. The number of rotatable bonds is 8. The van der Waals surface area contributed by atoms with Crippen molar-refractivity contribution in [3.8, 4) is 5.75 Å². The minimum atomic E-state index is -2.74. The Labute approximate surface area is 169 Å². The van der Waals surface area contributed by atoms with Gasteiger partial charge in [0.1, 0.15) is 19.0 Å². The van der Waals surface area contributed by atoms with Crippen LogP contribution >= 0.6 is 0 Å². The van der Waals surface area contributed by atoms with E-state index in [0.29, 0.717) is 6.67 Å². The maximum absolute atomic E-state index is 12.5. The number of aryl methyl sites for hydroxylation is 2. The Morgan fingerprint density at radius 2 is 2.03 bits per heavy atom. The van der Waals surface area contributed by atoms with Crippen molar-refractivity contribution in [2.24, 2.45) is 0 Å². The Morgan fingerprint density at radius 1 is 1.27 bits per heavy atom. The second kappa shape index (κ2) is 8.68. The van der Waals surface area contributed by atoms with Crippen LogP contribution in [-0.4, -0.2) is 43.4 Å². The molecule has 30 heavy (non-hydrogen) atoms. The van der Waals surface area contributed by atoms with Gasteiger partial charge in [-0.15, -0.1) is 0 Å². The lowest BCUT2D eigenvalue weighted by molar-refractivity contribution is -0.384. The highest BCUT2D eigenvalue weighted by molar-refractivity contribution is 6.03. The molecule has 1 aromatic carbocycles. The van der Waals surface area contributed by atoms with Crippen LogP contribution in [-0.2, 0) is 6.67 Å². The van der Waals surface area contributed by atoms with E-state index in [2.05, 4.69) is 15.5 Å². The van der Waals surface area contributed by atoms with Crippen molar-refractivity contribution in [1.82, 2.24) is 19.6 Å². The molecular weight excluding hydrogens is 402 g/mol. The van der Waals surface area contributed by atoms with Crippen molar-refractivity contribution in [3.05, 3.63) is 63.7 Å². The highest BCUT2D eigenvalue weighted by Crippen LogP contribution is 2.26. The zero-order valence-corrected chi connectivity index (χ0v) is 16.1. The minimum absolute atomic E-state index is 0.0200. The van der Waals surface area contributed by atoms with Gasteiger partial charge in [-0.2, -0.15) is 10.2 Å².